The Morgan fingerprint density at radius 2 is 2.00 bits per heavy atom. The summed E-state index contributed by atoms with van der Waals surface area (Å²) in [7, 11) is 0. The van der Waals surface area contributed by atoms with E-state index in [1.54, 1.807) is 0 Å². The number of hydrogen-bond donors (Lipinski definition) is 1. The molecule has 1 aromatic rings. The number of rotatable bonds is 7. The van der Waals surface area contributed by atoms with Gasteiger partial charge in [-0.2, -0.15) is 4.98 Å². The summed E-state index contributed by atoms with van der Waals surface area (Å²) in [4.78, 5) is 4.68. The van der Waals surface area contributed by atoms with Gasteiger partial charge in [0.2, 0.25) is 11.7 Å². The molecule has 1 aliphatic rings. The zero-order chi connectivity index (χ0) is 15.1. The molecule has 0 aromatic carbocycles. The van der Waals surface area contributed by atoms with Crippen molar-refractivity contribution >= 4 is 0 Å². The molecule has 1 atom stereocenters. The topological polar surface area (TPSA) is 74.2 Å². The fourth-order valence-electron chi connectivity index (χ4n) is 3.18. The molecule has 2 rings (SSSR count). The highest BCUT2D eigenvalue weighted by molar-refractivity contribution is 5.04. The first-order valence-electron chi connectivity index (χ1n) is 8.40. The lowest BCUT2D eigenvalue weighted by Crippen LogP contribution is -2.30. The van der Waals surface area contributed by atoms with Gasteiger partial charge in [0.15, 0.2) is 0 Å². The first kappa shape index (κ1) is 16.4. The van der Waals surface area contributed by atoms with Crippen LogP contribution in [0.2, 0.25) is 0 Å². The zero-order valence-electron chi connectivity index (χ0n) is 13.4. The molecule has 0 amide bonds. The van der Waals surface area contributed by atoms with Crippen LogP contribution in [0.1, 0.15) is 82.8 Å². The predicted octanol–water partition coefficient (Wildman–Crippen LogP) is 3.50. The van der Waals surface area contributed by atoms with Gasteiger partial charge in [0.1, 0.15) is 5.60 Å². The van der Waals surface area contributed by atoms with Crippen LogP contribution in [0.4, 0.5) is 0 Å². The molecule has 21 heavy (non-hydrogen) atoms. The van der Waals surface area contributed by atoms with Gasteiger partial charge in [-0.3, -0.25) is 0 Å². The molecule has 0 spiro atoms. The smallest absolute Gasteiger partial charge is 0.229 e. The Hall–Kier alpha value is -0.940. The molecule has 2 N–H and O–H groups in total. The first-order valence-corrected chi connectivity index (χ1v) is 8.40. The van der Waals surface area contributed by atoms with E-state index in [0.717, 1.165) is 37.4 Å². The minimum atomic E-state index is -0.333. The van der Waals surface area contributed by atoms with Gasteiger partial charge in [-0.1, -0.05) is 37.8 Å². The van der Waals surface area contributed by atoms with Crippen LogP contribution in [0.5, 0.6) is 0 Å². The van der Waals surface area contributed by atoms with Crippen molar-refractivity contribution in [2.24, 2.45) is 5.73 Å². The molecule has 0 radical (unpaired) electrons. The van der Waals surface area contributed by atoms with E-state index < -0.39 is 0 Å². The Kier molecular flexibility index (Phi) is 6.18. The summed E-state index contributed by atoms with van der Waals surface area (Å²) >= 11 is 0. The molecule has 0 aliphatic heterocycles. The second-order valence-corrected chi connectivity index (χ2v) is 6.13. The van der Waals surface area contributed by atoms with Gasteiger partial charge in [-0.05, 0) is 39.2 Å². The molecule has 1 aromatic heterocycles. The lowest BCUT2D eigenvalue weighted by atomic mass is 9.93. The van der Waals surface area contributed by atoms with Crippen molar-refractivity contribution in [1.29, 1.82) is 0 Å². The van der Waals surface area contributed by atoms with Crippen LogP contribution in [-0.2, 0) is 10.3 Å². The quantitative estimate of drug-likeness (QED) is 0.779. The van der Waals surface area contributed by atoms with Crippen molar-refractivity contribution < 1.29 is 9.26 Å². The van der Waals surface area contributed by atoms with Crippen molar-refractivity contribution in [2.75, 3.05) is 13.2 Å². The predicted molar refractivity (Wildman–Crippen MR) is 82.0 cm³/mol. The van der Waals surface area contributed by atoms with Gasteiger partial charge in [0, 0.05) is 12.5 Å². The maximum absolute atomic E-state index is 6.11. The average Bonchev–Trinajstić information content (AvgIpc) is 2.87. The molecular formula is C16H29N3O2. The average molecular weight is 295 g/mol. The molecule has 1 aliphatic carbocycles. The van der Waals surface area contributed by atoms with Crippen LogP contribution < -0.4 is 5.73 Å². The molecule has 0 saturated heterocycles. The third kappa shape index (κ3) is 4.04. The number of ether oxygens (including phenoxy) is 1. The second kappa shape index (κ2) is 7.90. The Labute approximate surface area is 127 Å². The summed E-state index contributed by atoms with van der Waals surface area (Å²) in [6.07, 6.45) is 8.85. The number of nitrogens with two attached hydrogens (primary N) is 1. The summed E-state index contributed by atoms with van der Waals surface area (Å²) in [5, 5.41) is 4.26. The highest BCUT2D eigenvalue weighted by Crippen LogP contribution is 2.38. The molecule has 5 heteroatoms. The van der Waals surface area contributed by atoms with E-state index >= 15 is 0 Å². The SMILES string of the molecule is CCOC1(c2noc(C(C)CCCN)n2)CCCCCC1. The summed E-state index contributed by atoms with van der Waals surface area (Å²) in [6.45, 7) is 5.55. The van der Waals surface area contributed by atoms with Crippen LogP contribution in [0.3, 0.4) is 0 Å². The minimum absolute atomic E-state index is 0.263. The van der Waals surface area contributed by atoms with Crippen LogP contribution in [0.15, 0.2) is 4.52 Å². The highest BCUT2D eigenvalue weighted by Gasteiger charge is 2.38. The number of hydrogen-bond acceptors (Lipinski definition) is 5. The minimum Gasteiger partial charge on any atom is -0.367 e. The molecule has 120 valence electrons. The van der Waals surface area contributed by atoms with Crippen molar-refractivity contribution in [3.63, 3.8) is 0 Å². The van der Waals surface area contributed by atoms with E-state index in [4.69, 9.17) is 15.0 Å². The highest BCUT2D eigenvalue weighted by atomic mass is 16.5. The lowest BCUT2D eigenvalue weighted by Gasteiger charge is -2.29. The summed E-state index contributed by atoms with van der Waals surface area (Å²) in [5.74, 6) is 1.74. The van der Waals surface area contributed by atoms with Gasteiger partial charge in [-0.15, -0.1) is 0 Å². The third-order valence-corrected chi connectivity index (χ3v) is 4.44. The standard InChI is InChI=1S/C16H29N3O2/c1-3-20-16(10-6-4-5-7-11-16)15-18-14(21-19-15)13(2)9-8-12-17/h13H,3-12,17H2,1-2H3. The Balaban J connectivity index is 2.15. The van der Waals surface area contributed by atoms with Gasteiger partial charge in [0.25, 0.3) is 0 Å². The van der Waals surface area contributed by atoms with Crippen molar-refractivity contribution in [3.8, 4) is 0 Å². The Morgan fingerprint density at radius 1 is 1.29 bits per heavy atom. The fraction of sp³-hybridized carbons (Fsp3) is 0.875. The van der Waals surface area contributed by atoms with Crippen molar-refractivity contribution in [2.45, 2.75) is 76.7 Å². The van der Waals surface area contributed by atoms with E-state index in [-0.39, 0.29) is 11.5 Å². The Morgan fingerprint density at radius 3 is 2.62 bits per heavy atom. The summed E-state index contributed by atoms with van der Waals surface area (Å²) in [5.41, 5.74) is 5.24. The van der Waals surface area contributed by atoms with Crippen molar-refractivity contribution in [1.82, 2.24) is 10.1 Å². The zero-order valence-corrected chi connectivity index (χ0v) is 13.4. The van der Waals surface area contributed by atoms with Crippen molar-refractivity contribution in [3.05, 3.63) is 11.7 Å². The molecule has 0 bridgehead atoms. The molecule has 5 nitrogen and oxygen atoms in total. The van der Waals surface area contributed by atoms with E-state index in [9.17, 15) is 0 Å². The van der Waals surface area contributed by atoms with Gasteiger partial charge >= 0.3 is 0 Å². The number of aromatic nitrogens is 2. The lowest BCUT2D eigenvalue weighted by molar-refractivity contribution is -0.0636. The first-order chi connectivity index (χ1) is 10.2. The molecule has 1 fully saturated rings. The van der Waals surface area contributed by atoms with E-state index in [1.165, 1.54) is 25.7 Å². The maximum atomic E-state index is 6.11. The summed E-state index contributed by atoms with van der Waals surface area (Å²) < 4.78 is 11.6. The Bertz CT molecular complexity index is 411. The fourth-order valence-corrected chi connectivity index (χ4v) is 3.18. The van der Waals surface area contributed by atoms with Crippen LogP contribution >= 0.6 is 0 Å². The van der Waals surface area contributed by atoms with Gasteiger partial charge < -0.3 is 15.0 Å². The molecule has 1 saturated carbocycles. The monoisotopic (exact) mass is 295 g/mol. The van der Waals surface area contributed by atoms with E-state index in [2.05, 4.69) is 17.1 Å². The largest absolute Gasteiger partial charge is 0.367 e. The number of nitrogens with zero attached hydrogens (tertiary/aromatic N) is 2. The third-order valence-electron chi connectivity index (χ3n) is 4.44. The van der Waals surface area contributed by atoms with Gasteiger partial charge in [0.05, 0.1) is 0 Å². The molecular weight excluding hydrogens is 266 g/mol. The second-order valence-electron chi connectivity index (χ2n) is 6.13. The molecule has 1 unspecified atom stereocenters. The molecule has 1 heterocycles. The van der Waals surface area contributed by atoms with Crippen LogP contribution in [-0.4, -0.2) is 23.3 Å². The summed E-state index contributed by atoms with van der Waals surface area (Å²) in [6, 6.07) is 0. The van der Waals surface area contributed by atoms with E-state index in [0.29, 0.717) is 13.2 Å². The normalized spacial score (nSPS) is 20.1. The van der Waals surface area contributed by atoms with E-state index in [1.807, 2.05) is 6.92 Å². The van der Waals surface area contributed by atoms with Gasteiger partial charge in [-0.25, -0.2) is 0 Å². The maximum Gasteiger partial charge on any atom is 0.229 e. The van der Waals surface area contributed by atoms with Crippen LogP contribution in [0.25, 0.3) is 0 Å². The van der Waals surface area contributed by atoms with Crippen LogP contribution in [0, 0.1) is 0 Å².